The Morgan fingerprint density at radius 3 is 2.63 bits per heavy atom. The van der Waals surface area contributed by atoms with E-state index >= 15 is 0 Å². The molecule has 1 amide bonds. The van der Waals surface area contributed by atoms with Crippen LogP contribution in [0.15, 0.2) is 42.5 Å². The fourth-order valence-corrected chi connectivity index (χ4v) is 3.46. The summed E-state index contributed by atoms with van der Waals surface area (Å²) in [5, 5.41) is 11.2. The summed E-state index contributed by atoms with van der Waals surface area (Å²) in [7, 11) is 2.77. The number of nitrogens with zero attached hydrogens (tertiary/aromatic N) is 3. The Balaban J connectivity index is 1.80. The van der Waals surface area contributed by atoms with Crippen molar-refractivity contribution in [3.05, 3.63) is 63.7 Å². The van der Waals surface area contributed by atoms with E-state index in [1.807, 2.05) is 31.2 Å². The van der Waals surface area contributed by atoms with Crippen molar-refractivity contribution in [2.24, 2.45) is 0 Å². The highest BCUT2D eigenvalue weighted by atomic mass is 16.6. The number of non-ortho nitro benzene ring substituents is 1. The third-order valence-electron chi connectivity index (χ3n) is 4.93. The SMILES string of the molecule is CCN1C[C@@H](CN(C)C(=O)c2cc(C(=O)OC)cc([N+](=O)[O-])c2)Oc2ccccc21. The summed E-state index contributed by atoms with van der Waals surface area (Å²) in [5.41, 5.74) is 0.639. The molecule has 0 radical (unpaired) electrons. The Bertz CT molecular complexity index is 977. The summed E-state index contributed by atoms with van der Waals surface area (Å²) in [6, 6.07) is 11.2. The highest BCUT2D eigenvalue weighted by Crippen LogP contribution is 2.33. The van der Waals surface area contributed by atoms with E-state index in [2.05, 4.69) is 9.64 Å². The molecular weight excluding hydrogens is 390 g/mol. The minimum atomic E-state index is -0.749. The van der Waals surface area contributed by atoms with E-state index < -0.39 is 16.8 Å². The van der Waals surface area contributed by atoms with E-state index in [-0.39, 0.29) is 29.5 Å². The second-order valence-corrected chi connectivity index (χ2v) is 6.95. The third-order valence-corrected chi connectivity index (χ3v) is 4.93. The van der Waals surface area contributed by atoms with Crippen LogP contribution in [0.2, 0.25) is 0 Å². The van der Waals surface area contributed by atoms with E-state index in [4.69, 9.17) is 4.74 Å². The summed E-state index contributed by atoms with van der Waals surface area (Å²) in [6.45, 7) is 3.72. The lowest BCUT2D eigenvalue weighted by molar-refractivity contribution is -0.384. The first kappa shape index (κ1) is 21.1. The van der Waals surface area contributed by atoms with E-state index in [0.29, 0.717) is 6.54 Å². The zero-order valence-corrected chi connectivity index (χ0v) is 17.0. The number of hydrogen-bond acceptors (Lipinski definition) is 7. The zero-order valence-electron chi connectivity index (χ0n) is 17.0. The molecule has 9 nitrogen and oxygen atoms in total. The topological polar surface area (TPSA) is 102 Å². The molecule has 2 aromatic carbocycles. The zero-order chi connectivity index (χ0) is 21.8. The van der Waals surface area contributed by atoms with Gasteiger partial charge >= 0.3 is 5.97 Å². The molecule has 0 fully saturated rings. The summed E-state index contributed by atoms with van der Waals surface area (Å²) in [4.78, 5) is 38.9. The molecule has 1 atom stereocenters. The Kier molecular flexibility index (Phi) is 6.20. The van der Waals surface area contributed by atoms with Crippen LogP contribution in [0.1, 0.15) is 27.6 Å². The predicted molar refractivity (Wildman–Crippen MR) is 110 cm³/mol. The van der Waals surface area contributed by atoms with Crippen LogP contribution in [0.4, 0.5) is 11.4 Å². The van der Waals surface area contributed by atoms with Crippen molar-refractivity contribution in [2.75, 3.05) is 38.7 Å². The van der Waals surface area contributed by atoms with Crippen molar-refractivity contribution < 1.29 is 24.0 Å². The fraction of sp³-hybridized carbons (Fsp3) is 0.333. The van der Waals surface area contributed by atoms with Gasteiger partial charge in [0.15, 0.2) is 0 Å². The van der Waals surface area contributed by atoms with Gasteiger partial charge in [-0.3, -0.25) is 14.9 Å². The second kappa shape index (κ2) is 8.81. The average molecular weight is 413 g/mol. The van der Waals surface area contributed by atoms with Crippen LogP contribution in [-0.4, -0.2) is 61.6 Å². The molecule has 0 N–H and O–H groups in total. The maximum Gasteiger partial charge on any atom is 0.338 e. The monoisotopic (exact) mass is 413 g/mol. The lowest BCUT2D eigenvalue weighted by Gasteiger charge is -2.37. The molecule has 1 aliphatic heterocycles. The van der Waals surface area contributed by atoms with Crippen LogP contribution in [0, 0.1) is 10.1 Å². The number of ether oxygens (including phenoxy) is 2. The van der Waals surface area contributed by atoms with Crippen LogP contribution in [0.5, 0.6) is 5.75 Å². The van der Waals surface area contributed by atoms with E-state index in [0.717, 1.165) is 30.1 Å². The predicted octanol–water partition coefficient (Wildman–Crippen LogP) is 2.74. The number of nitro benzene ring substituents is 1. The van der Waals surface area contributed by atoms with E-state index in [1.54, 1.807) is 7.05 Å². The number of carbonyl (C=O) groups excluding carboxylic acids is 2. The van der Waals surface area contributed by atoms with Crippen molar-refractivity contribution >= 4 is 23.3 Å². The highest BCUT2D eigenvalue weighted by Gasteiger charge is 2.28. The molecular formula is C21H23N3O6. The van der Waals surface area contributed by atoms with Crippen molar-refractivity contribution in [1.29, 1.82) is 0 Å². The number of anilines is 1. The van der Waals surface area contributed by atoms with Crippen molar-refractivity contribution in [1.82, 2.24) is 4.90 Å². The van der Waals surface area contributed by atoms with Gasteiger partial charge in [0, 0.05) is 31.3 Å². The van der Waals surface area contributed by atoms with Gasteiger partial charge in [-0.1, -0.05) is 12.1 Å². The molecule has 9 heteroatoms. The van der Waals surface area contributed by atoms with Crippen LogP contribution >= 0.6 is 0 Å². The molecule has 30 heavy (non-hydrogen) atoms. The van der Waals surface area contributed by atoms with E-state index in [9.17, 15) is 19.7 Å². The molecule has 1 heterocycles. The van der Waals surface area contributed by atoms with Gasteiger partial charge in [0.05, 0.1) is 36.4 Å². The molecule has 2 aromatic rings. The molecule has 158 valence electrons. The fourth-order valence-electron chi connectivity index (χ4n) is 3.46. The van der Waals surface area contributed by atoms with Gasteiger partial charge in [-0.15, -0.1) is 0 Å². The first-order chi connectivity index (χ1) is 14.3. The van der Waals surface area contributed by atoms with Crippen LogP contribution in [0.25, 0.3) is 0 Å². The summed E-state index contributed by atoms with van der Waals surface area (Å²) < 4.78 is 10.7. The smallest absolute Gasteiger partial charge is 0.338 e. The Morgan fingerprint density at radius 2 is 1.97 bits per heavy atom. The Labute approximate surface area is 173 Å². The number of benzene rings is 2. The normalized spacial score (nSPS) is 15.0. The quantitative estimate of drug-likeness (QED) is 0.408. The maximum atomic E-state index is 12.9. The molecule has 0 unspecified atom stereocenters. The van der Waals surface area contributed by atoms with Gasteiger partial charge in [0.25, 0.3) is 11.6 Å². The number of likely N-dealkylation sites (N-methyl/N-ethyl adjacent to an activating group) is 2. The molecule has 0 spiro atoms. The average Bonchev–Trinajstić information content (AvgIpc) is 2.76. The van der Waals surface area contributed by atoms with Crippen molar-refractivity contribution in [3.63, 3.8) is 0 Å². The molecule has 0 saturated heterocycles. The standard InChI is InChI=1S/C21H23N3O6/c1-4-23-13-17(30-19-8-6-5-7-18(19)23)12-22(2)20(25)14-9-15(21(26)29-3)11-16(10-14)24(27)28/h5-11,17H,4,12-13H2,1-3H3/t17-/m1/s1. The number of nitro groups is 1. The second-order valence-electron chi connectivity index (χ2n) is 6.95. The minimum absolute atomic E-state index is 0.0376. The number of esters is 1. The summed E-state index contributed by atoms with van der Waals surface area (Å²) in [6.07, 6.45) is -0.271. The number of amides is 1. The van der Waals surface area contributed by atoms with Gasteiger partial charge < -0.3 is 19.3 Å². The van der Waals surface area contributed by atoms with Gasteiger partial charge in [0.2, 0.25) is 0 Å². The number of para-hydroxylation sites is 2. The Morgan fingerprint density at radius 1 is 1.27 bits per heavy atom. The lowest BCUT2D eigenvalue weighted by atomic mass is 10.1. The third kappa shape index (κ3) is 4.35. The molecule has 3 rings (SSSR count). The number of carbonyl (C=O) groups is 2. The Hall–Kier alpha value is -3.62. The first-order valence-electron chi connectivity index (χ1n) is 9.48. The lowest BCUT2D eigenvalue weighted by Crippen LogP contribution is -2.46. The summed E-state index contributed by atoms with van der Waals surface area (Å²) >= 11 is 0. The number of methoxy groups -OCH3 is 1. The largest absolute Gasteiger partial charge is 0.485 e. The van der Waals surface area contributed by atoms with Crippen LogP contribution in [0.3, 0.4) is 0 Å². The number of hydrogen-bond donors (Lipinski definition) is 0. The molecule has 0 aliphatic carbocycles. The molecule has 0 bridgehead atoms. The highest BCUT2D eigenvalue weighted by molar-refractivity contribution is 5.98. The molecule has 1 aliphatic rings. The maximum absolute atomic E-state index is 12.9. The van der Waals surface area contributed by atoms with Crippen molar-refractivity contribution in [3.8, 4) is 5.75 Å². The first-order valence-corrected chi connectivity index (χ1v) is 9.48. The molecule has 0 aromatic heterocycles. The number of fused-ring (bicyclic) bond motifs is 1. The van der Waals surface area contributed by atoms with Crippen LogP contribution < -0.4 is 9.64 Å². The molecule has 0 saturated carbocycles. The summed E-state index contributed by atoms with van der Waals surface area (Å²) in [5.74, 6) is -0.449. The van der Waals surface area contributed by atoms with Crippen LogP contribution in [-0.2, 0) is 4.74 Å². The minimum Gasteiger partial charge on any atom is -0.485 e. The van der Waals surface area contributed by atoms with Crippen molar-refractivity contribution in [2.45, 2.75) is 13.0 Å². The van der Waals surface area contributed by atoms with Gasteiger partial charge in [-0.05, 0) is 25.1 Å². The van der Waals surface area contributed by atoms with Gasteiger partial charge in [0.1, 0.15) is 11.9 Å². The van der Waals surface area contributed by atoms with Gasteiger partial charge in [-0.25, -0.2) is 4.79 Å². The van der Waals surface area contributed by atoms with Gasteiger partial charge in [-0.2, -0.15) is 0 Å². The number of rotatable bonds is 6. The van der Waals surface area contributed by atoms with E-state index in [1.165, 1.54) is 18.1 Å².